The number of aromatic nitrogens is 2. The van der Waals surface area contributed by atoms with Gasteiger partial charge in [0.15, 0.2) is 6.61 Å². The first-order chi connectivity index (χ1) is 12.6. The fourth-order valence-electron chi connectivity index (χ4n) is 2.76. The molecule has 134 valence electrons. The highest BCUT2D eigenvalue weighted by molar-refractivity contribution is 5.77. The molecule has 0 aliphatic carbocycles. The molecule has 0 fully saturated rings. The van der Waals surface area contributed by atoms with Gasteiger partial charge in [-0.05, 0) is 54.3 Å². The Kier molecular flexibility index (Phi) is 5.69. The molecule has 26 heavy (non-hydrogen) atoms. The summed E-state index contributed by atoms with van der Waals surface area (Å²) >= 11 is 0. The lowest BCUT2D eigenvalue weighted by atomic mass is 10.1. The average Bonchev–Trinajstić information content (AvgIpc) is 3.11. The molecule has 3 rings (SSSR count). The van der Waals surface area contributed by atoms with Crippen molar-refractivity contribution in [1.29, 1.82) is 0 Å². The molecule has 5 heteroatoms. The summed E-state index contributed by atoms with van der Waals surface area (Å²) < 4.78 is 7.45. The maximum absolute atomic E-state index is 12.0. The number of ether oxygens (including phenoxy) is 1. The van der Waals surface area contributed by atoms with Gasteiger partial charge in [0.2, 0.25) is 0 Å². The summed E-state index contributed by atoms with van der Waals surface area (Å²) in [6.07, 6.45) is 3.70. The van der Waals surface area contributed by atoms with E-state index in [9.17, 15) is 4.79 Å². The van der Waals surface area contributed by atoms with E-state index in [1.807, 2.05) is 55.1 Å². The largest absolute Gasteiger partial charge is 0.484 e. The van der Waals surface area contributed by atoms with Gasteiger partial charge in [-0.2, -0.15) is 5.10 Å². The SMILES string of the molecule is Cc1cc(C)cc(OCC(=O)NCc2ccc(Cn3cccn3)cc2)c1. The molecule has 0 saturated carbocycles. The molecule has 0 radical (unpaired) electrons. The van der Waals surface area contributed by atoms with Gasteiger partial charge in [0.25, 0.3) is 5.91 Å². The van der Waals surface area contributed by atoms with Crippen LogP contribution < -0.4 is 10.1 Å². The summed E-state index contributed by atoms with van der Waals surface area (Å²) in [5, 5.41) is 7.08. The molecule has 0 spiro atoms. The van der Waals surface area contributed by atoms with E-state index in [4.69, 9.17) is 4.74 Å². The predicted octanol–water partition coefficient (Wildman–Crippen LogP) is 3.24. The van der Waals surface area contributed by atoms with Gasteiger partial charge in [-0.3, -0.25) is 9.48 Å². The van der Waals surface area contributed by atoms with E-state index in [1.54, 1.807) is 6.20 Å². The van der Waals surface area contributed by atoms with E-state index in [0.717, 1.165) is 29.0 Å². The normalized spacial score (nSPS) is 10.5. The van der Waals surface area contributed by atoms with Crippen molar-refractivity contribution < 1.29 is 9.53 Å². The quantitative estimate of drug-likeness (QED) is 0.712. The first kappa shape index (κ1) is 17.7. The molecule has 0 bridgehead atoms. The van der Waals surface area contributed by atoms with E-state index in [1.165, 1.54) is 5.56 Å². The molecule has 0 aliphatic rings. The van der Waals surface area contributed by atoms with Crippen LogP contribution in [0.15, 0.2) is 60.9 Å². The summed E-state index contributed by atoms with van der Waals surface area (Å²) in [5.74, 6) is 0.588. The molecule has 1 heterocycles. The van der Waals surface area contributed by atoms with Crippen LogP contribution in [0.3, 0.4) is 0 Å². The van der Waals surface area contributed by atoms with Crippen molar-refractivity contribution in [3.8, 4) is 5.75 Å². The summed E-state index contributed by atoms with van der Waals surface area (Å²) in [7, 11) is 0. The Balaban J connectivity index is 1.45. The molecule has 5 nitrogen and oxygen atoms in total. The zero-order chi connectivity index (χ0) is 18.4. The zero-order valence-corrected chi connectivity index (χ0v) is 15.1. The Labute approximate surface area is 153 Å². The third-order valence-electron chi connectivity index (χ3n) is 3.98. The Morgan fingerprint density at radius 3 is 2.42 bits per heavy atom. The van der Waals surface area contributed by atoms with E-state index in [-0.39, 0.29) is 12.5 Å². The molecule has 0 atom stereocenters. The van der Waals surface area contributed by atoms with Crippen LogP contribution in [0.25, 0.3) is 0 Å². The third-order valence-corrected chi connectivity index (χ3v) is 3.98. The summed E-state index contributed by atoms with van der Waals surface area (Å²) in [6.45, 7) is 5.26. The van der Waals surface area contributed by atoms with E-state index >= 15 is 0 Å². The molecule has 0 aliphatic heterocycles. The second-order valence-corrected chi connectivity index (χ2v) is 6.41. The molecule has 1 amide bonds. The monoisotopic (exact) mass is 349 g/mol. The van der Waals surface area contributed by atoms with Crippen molar-refractivity contribution in [2.75, 3.05) is 6.61 Å². The van der Waals surface area contributed by atoms with Gasteiger partial charge in [-0.15, -0.1) is 0 Å². The van der Waals surface area contributed by atoms with Gasteiger partial charge in [-0.1, -0.05) is 30.3 Å². The van der Waals surface area contributed by atoms with Gasteiger partial charge in [0.05, 0.1) is 6.54 Å². The van der Waals surface area contributed by atoms with Crippen molar-refractivity contribution in [1.82, 2.24) is 15.1 Å². The fourth-order valence-corrected chi connectivity index (χ4v) is 2.76. The third kappa shape index (κ3) is 5.21. The van der Waals surface area contributed by atoms with Crippen LogP contribution >= 0.6 is 0 Å². The van der Waals surface area contributed by atoms with Crippen molar-refractivity contribution in [3.05, 3.63) is 83.2 Å². The summed E-state index contributed by atoms with van der Waals surface area (Å²) in [6, 6.07) is 16.0. The smallest absolute Gasteiger partial charge is 0.258 e. The number of nitrogens with zero attached hydrogens (tertiary/aromatic N) is 2. The summed E-state index contributed by atoms with van der Waals surface area (Å²) in [5.41, 5.74) is 4.46. The number of hydrogen-bond acceptors (Lipinski definition) is 3. The van der Waals surface area contributed by atoms with Gasteiger partial charge >= 0.3 is 0 Å². The number of rotatable bonds is 7. The van der Waals surface area contributed by atoms with Crippen LogP contribution in [-0.4, -0.2) is 22.3 Å². The fraction of sp³-hybridized carbons (Fsp3) is 0.238. The number of amides is 1. The van der Waals surface area contributed by atoms with Gasteiger partial charge < -0.3 is 10.1 Å². The number of aryl methyl sites for hydroxylation is 2. The molecule has 0 unspecified atom stereocenters. The minimum absolute atomic E-state index is 0.0142. The van der Waals surface area contributed by atoms with Crippen molar-refractivity contribution in [2.45, 2.75) is 26.9 Å². The van der Waals surface area contributed by atoms with E-state index < -0.39 is 0 Å². The number of nitrogens with one attached hydrogen (secondary N) is 1. The maximum Gasteiger partial charge on any atom is 0.258 e. The minimum atomic E-state index is -0.134. The molecule has 3 aromatic rings. The van der Waals surface area contributed by atoms with Crippen LogP contribution in [0, 0.1) is 13.8 Å². The molecule has 1 aromatic heterocycles. The second kappa shape index (κ2) is 8.34. The van der Waals surface area contributed by atoms with Gasteiger partial charge in [0.1, 0.15) is 5.75 Å². The van der Waals surface area contributed by atoms with Crippen LogP contribution in [0.4, 0.5) is 0 Å². The first-order valence-corrected chi connectivity index (χ1v) is 8.61. The first-order valence-electron chi connectivity index (χ1n) is 8.61. The maximum atomic E-state index is 12.0. The Bertz CT molecular complexity index is 835. The standard InChI is InChI=1S/C21H23N3O2/c1-16-10-17(2)12-20(11-16)26-15-21(25)22-13-18-4-6-19(7-5-18)14-24-9-3-8-23-24/h3-12H,13-15H2,1-2H3,(H,22,25). The highest BCUT2D eigenvalue weighted by Crippen LogP contribution is 2.16. The second-order valence-electron chi connectivity index (χ2n) is 6.41. The van der Waals surface area contributed by atoms with E-state index in [2.05, 4.69) is 28.6 Å². The number of carbonyl (C=O) groups excluding carboxylic acids is 1. The topological polar surface area (TPSA) is 56.1 Å². The average molecular weight is 349 g/mol. The predicted molar refractivity (Wildman–Crippen MR) is 101 cm³/mol. The van der Waals surface area contributed by atoms with Crippen LogP contribution in [0.1, 0.15) is 22.3 Å². The zero-order valence-electron chi connectivity index (χ0n) is 15.1. The molecular formula is C21H23N3O2. The lowest BCUT2D eigenvalue weighted by Crippen LogP contribution is -2.28. The van der Waals surface area contributed by atoms with Gasteiger partial charge in [0, 0.05) is 18.9 Å². The number of hydrogen-bond donors (Lipinski definition) is 1. The van der Waals surface area contributed by atoms with Gasteiger partial charge in [-0.25, -0.2) is 0 Å². The Morgan fingerprint density at radius 2 is 1.77 bits per heavy atom. The Morgan fingerprint density at radius 1 is 1.08 bits per heavy atom. The molecular weight excluding hydrogens is 326 g/mol. The lowest BCUT2D eigenvalue weighted by molar-refractivity contribution is -0.123. The molecule has 1 N–H and O–H groups in total. The van der Waals surface area contributed by atoms with E-state index in [0.29, 0.717) is 6.54 Å². The van der Waals surface area contributed by atoms with Crippen LogP contribution in [-0.2, 0) is 17.9 Å². The van der Waals surface area contributed by atoms with Crippen LogP contribution in [0.2, 0.25) is 0 Å². The van der Waals surface area contributed by atoms with Crippen molar-refractivity contribution in [3.63, 3.8) is 0 Å². The van der Waals surface area contributed by atoms with Crippen LogP contribution in [0.5, 0.6) is 5.75 Å². The highest BCUT2D eigenvalue weighted by atomic mass is 16.5. The molecule has 0 saturated heterocycles. The summed E-state index contributed by atoms with van der Waals surface area (Å²) in [4.78, 5) is 12.0. The Hall–Kier alpha value is -3.08. The van der Waals surface area contributed by atoms with Crippen molar-refractivity contribution in [2.24, 2.45) is 0 Å². The van der Waals surface area contributed by atoms with Crippen molar-refractivity contribution >= 4 is 5.91 Å². The minimum Gasteiger partial charge on any atom is -0.484 e. The highest BCUT2D eigenvalue weighted by Gasteiger charge is 2.04. The number of benzene rings is 2. The molecule has 2 aromatic carbocycles. The lowest BCUT2D eigenvalue weighted by Gasteiger charge is -2.09. The number of carbonyl (C=O) groups is 1.